The zero-order valence-corrected chi connectivity index (χ0v) is 16.3. The number of rotatable bonds is 5. The van der Waals surface area contributed by atoms with E-state index in [2.05, 4.69) is 16.0 Å². The van der Waals surface area contributed by atoms with Gasteiger partial charge in [0.2, 0.25) is 11.8 Å². The van der Waals surface area contributed by atoms with Crippen molar-refractivity contribution in [1.82, 2.24) is 16.0 Å². The molecule has 28 heavy (non-hydrogen) atoms. The van der Waals surface area contributed by atoms with E-state index < -0.39 is 23.3 Å². The van der Waals surface area contributed by atoms with E-state index in [1.54, 1.807) is 6.92 Å². The molecule has 8 heteroatoms. The van der Waals surface area contributed by atoms with E-state index in [0.717, 1.165) is 6.42 Å². The lowest BCUT2D eigenvalue weighted by Crippen LogP contribution is -2.85. The number of nitrogens with one attached hydrogen (secondary N) is 3. The van der Waals surface area contributed by atoms with Crippen molar-refractivity contribution in [3.05, 3.63) is 0 Å². The average Bonchev–Trinajstić information content (AvgIpc) is 3.12. The molecule has 8 nitrogen and oxygen atoms in total. The van der Waals surface area contributed by atoms with Gasteiger partial charge in [0.25, 0.3) is 5.91 Å². The topological polar surface area (TPSA) is 134 Å². The molecule has 5 saturated carbocycles. The summed E-state index contributed by atoms with van der Waals surface area (Å²) in [6.45, 7) is 5.34. The van der Waals surface area contributed by atoms with Gasteiger partial charge in [0.1, 0.15) is 17.3 Å². The number of carbonyl (C=O) groups excluding carboxylic acids is 3. The van der Waals surface area contributed by atoms with Crippen molar-refractivity contribution < 1.29 is 19.5 Å². The van der Waals surface area contributed by atoms with Crippen LogP contribution in [0, 0.1) is 53.3 Å². The largest absolute Gasteiger partial charge is 0.379 e. The van der Waals surface area contributed by atoms with E-state index in [9.17, 15) is 19.5 Å². The van der Waals surface area contributed by atoms with Crippen molar-refractivity contribution in [3.63, 3.8) is 0 Å². The molecule has 5 aliphatic carbocycles. The first-order valence-corrected chi connectivity index (χ1v) is 10.6. The lowest BCUT2D eigenvalue weighted by molar-refractivity contribution is -0.214. The number of aliphatic hydroxyl groups is 1. The Morgan fingerprint density at radius 3 is 2.39 bits per heavy atom. The van der Waals surface area contributed by atoms with Gasteiger partial charge in [-0.2, -0.15) is 0 Å². The minimum atomic E-state index is -1.24. The van der Waals surface area contributed by atoms with Crippen LogP contribution in [0.1, 0.15) is 27.2 Å². The molecule has 4 bridgehead atoms. The van der Waals surface area contributed by atoms with Crippen LogP contribution in [-0.4, -0.2) is 46.2 Å². The lowest BCUT2D eigenvalue weighted by Gasteiger charge is -2.63. The number of amides is 3. The second-order valence-electron chi connectivity index (χ2n) is 10.5. The summed E-state index contributed by atoms with van der Waals surface area (Å²) < 4.78 is 0. The standard InChI is InChI=1S/C20H28N4O4/c1-5(2)15(22-16(25)6(3)21)17(26)23-20-12-8-4-7-9-10(8)14(20)13(9)19(28,11(7)12)18(27)24-20/h5-15,28H,4,21H2,1-3H3,(H,22,25)(H,23,26)(H,24,27). The molecular weight excluding hydrogens is 360 g/mol. The normalized spacial score (nSPS) is 54.7. The zero-order valence-electron chi connectivity index (χ0n) is 16.3. The Balaban J connectivity index is 1.33. The predicted molar refractivity (Wildman–Crippen MR) is 96.9 cm³/mol. The molecule has 2 saturated heterocycles. The summed E-state index contributed by atoms with van der Waals surface area (Å²) in [6.07, 6.45) is 1.07. The van der Waals surface area contributed by atoms with Gasteiger partial charge in [-0.1, -0.05) is 13.8 Å². The van der Waals surface area contributed by atoms with E-state index in [1.807, 2.05) is 13.8 Å². The van der Waals surface area contributed by atoms with Crippen molar-refractivity contribution in [2.45, 2.75) is 50.5 Å². The number of nitrogens with two attached hydrogens (primary N) is 1. The molecule has 0 radical (unpaired) electrons. The Bertz CT molecular complexity index is 829. The first-order chi connectivity index (χ1) is 13.1. The molecule has 7 rings (SSSR count). The highest BCUT2D eigenvalue weighted by Gasteiger charge is 2.95. The smallest absolute Gasteiger partial charge is 0.254 e. The molecule has 0 spiro atoms. The maximum Gasteiger partial charge on any atom is 0.254 e. The van der Waals surface area contributed by atoms with Gasteiger partial charge in [0, 0.05) is 23.7 Å². The number of carbonyl (C=O) groups is 3. The second kappa shape index (κ2) is 4.73. The lowest BCUT2D eigenvalue weighted by atomic mass is 9.50. The van der Waals surface area contributed by atoms with Crippen molar-refractivity contribution in [2.24, 2.45) is 59.0 Å². The van der Waals surface area contributed by atoms with Crippen LogP contribution < -0.4 is 21.7 Å². The van der Waals surface area contributed by atoms with Crippen LogP contribution in [0.5, 0.6) is 0 Å². The second-order valence-corrected chi connectivity index (χ2v) is 10.5. The van der Waals surface area contributed by atoms with Crippen LogP contribution in [0.25, 0.3) is 0 Å². The van der Waals surface area contributed by atoms with Gasteiger partial charge < -0.3 is 26.8 Å². The quantitative estimate of drug-likeness (QED) is 0.392. The van der Waals surface area contributed by atoms with E-state index in [4.69, 9.17) is 5.73 Å². The SMILES string of the molecule is CC(N)C(=O)NC(C(=O)NC12NC(=O)C3(O)C4C5CC(C6C5C3C61)C42)C(C)C. The molecule has 12 unspecified atom stereocenters. The highest BCUT2D eigenvalue weighted by Crippen LogP contribution is 2.88. The minimum absolute atomic E-state index is 0.0264. The Morgan fingerprint density at radius 2 is 1.75 bits per heavy atom. The molecule has 0 aromatic heterocycles. The predicted octanol–water partition coefficient (Wildman–Crippen LogP) is -1.46. The Hall–Kier alpha value is -1.67. The Kier molecular flexibility index (Phi) is 2.90. The summed E-state index contributed by atoms with van der Waals surface area (Å²) in [5.74, 6) is 0.932. The minimum Gasteiger partial charge on any atom is -0.379 e. The molecular formula is C20H28N4O4. The first-order valence-electron chi connectivity index (χ1n) is 10.6. The molecule has 3 amide bonds. The average molecular weight is 388 g/mol. The molecule has 2 heterocycles. The molecule has 6 N–H and O–H groups in total. The van der Waals surface area contributed by atoms with Crippen LogP contribution in [0.4, 0.5) is 0 Å². The molecule has 152 valence electrons. The maximum absolute atomic E-state index is 13.3. The van der Waals surface area contributed by atoms with Gasteiger partial charge in [0.05, 0.1) is 6.04 Å². The zero-order chi connectivity index (χ0) is 19.9. The number of piperidine rings is 2. The van der Waals surface area contributed by atoms with Crippen molar-refractivity contribution >= 4 is 17.7 Å². The van der Waals surface area contributed by atoms with E-state index >= 15 is 0 Å². The fraction of sp³-hybridized carbons (Fsp3) is 0.850. The highest BCUT2D eigenvalue weighted by molar-refractivity contribution is 5.94. The first kappa shape index (κ1) is 17.2. The van der Waals surface area contributed by atoms with Gasteiger partial charge >= 0.3 is 0 Å². The van der Waals surface area contributed by atoms with Gasteiger partial charge in [-0.25, -0.2) is 0 Å². The molecule has 12 atom stereocenters. The summed E-state index contributed by atoms with van der Waals surface area (Å²) in [4.78, 5) is 38.3. The van der Waals surface area contributed by atoms with Crippen LogP contribution in [0.3, 0.4) is 0 Å². The summed E-state index contributed by atoms with van der Waals surface area (Å²) >= 11 is 0. The third-order valence-corrected chi connectivity index (χ3v) is 9.25. The van der Waals surface area contributed by atoms with E-state index in [-0.39, 0.29) is 47.3 Å². The van der Waals surface area contributed by atoms with Crippen LogP contribution in [-0.2, 0) is 14.4 Å². The molecule has 7 fully saturated rings. The van der Waals surface area contributed by atoms with Gasteiger partial charge in [-0.05, 0) is 42.9 Å². The number of hydrogen-bond acceptors (Lipinski definition) is 5. The van der Waals surface area contributed by atoms with Crippen molar-refractivity contribution in [1.29, 1.82) is 0 Å². The van der Waals surface area contributed by atoms with Crippen molar-refractivity contribution in [3.8, 4) is 0 Å². The van der Waals surface area contributed by atoms with Gasteiger partial charge in [0.15, 0.2) is 0 Å². The van der Waals surface area contributed by atoms with Gasteiger partial charge in [-0.3, -0.25) is 14.4 Å². The summed E-state index contributed by atoms with van der Waals surface area (Å²) in [5, 5.41) is 20.3. The van der Waals surface area contributed by atoms with Gasteiger partial charge in [-0.15, -0.1) is 0 Å². The third-order valence-electron chi connectivity index (χ3n) is 9.25. The third kappa shape index (κ3) is 1.49. The van der Waals surface area contributed by atoms with Crippen LogP contribution >= 0.6 is 0 Å². The van der Waals surface area contributed by atoms with E-state index in [1.165, 1.54) is 0 Å². The maximum atomic E-state index is 13.3. The van der Waals surface area contributed by atoms with Crippen LogP contribution in [0.15, 0.2) is 0 Å². The van der Waals surface area contributed by atoms with Crippen molar-refractivity contribution in [2.75, 3.05) is 0 Å². The van der Waals surface area contributed by atoms with E-state index in [0.29, 0.717) is 23.7 Å². The van der Waals surface area contributed by atoms with Crippen LogP contribution in [0.2, 0.25) is 0 Å². The Morgan fingerprint density at radius 1 is 1.11 bits per heavy atom. The monoisotopic (exact) mass is 388 g/mol. The highest BCUT2D eigenvalue weighted by atomic mass is 16.3. The molecule has 0 aromatic carbocycles. The summed E-state index contributed by atoms with van der Waals surface area (Å²) in [6, 6.07) is -1.41. The number of fused-ring (bicyclic) bond motifs is 1. The molecule has 7 aliphatic rings. The summed E-state index contributed by atoms with van der Waals surface area (Å²) in [7, 11) is 0. The summed E-state index contributed by atoms with van der Waals surface area (Å²) in [5.41, 5.74) is 3.65. The number of hydrogen-bond donors (Lipinski definition) is 5. The fourth-order valence-electron chi connectivity index (χ4n) is 8.72. The molecule has 0 aromatic rings. The molecule has 2 aliphatic heterocycles. The Labute approximate surface area is 163 Å². The fourth-order valence-corrected chi connectivity index (χ4v) is 8.72.